The number of hydrogen-bond acceptors (Lipinski definition) is 5. The number of Topliss-reactive ketones (excluding diaryl/α,β-unsaturated/α-hetero) is 1. The van der Waals surface area contributed by atoms with Gasteiger partial charge in [0.1, 0.15) is 17.3 Å². The first-order valence-corrected chi connectivity index (χ1v) is 10.5. The highest BCUT2D eigenvalue weighted by atomic mass is 16.5. The van der Waals surface area contributed by atoms with Crippen molar-refractivity contribution in [2.45, 2.75) is 19.9 Å². The Morgan fingerprint density at radius 2 is 1.61 bits per heavy atom. The Labute approximate surface area is 192 Å². The van der Waals surface area contributed by atoms with Crippen molar-refractivity contribution in [2.75, 3.05) is 19.1 Å². The molecule has 6 heteroatoms. The van der Waals surface area contributed by atoms with Crippen LogP contribution in [0.15, 0.2) is 72.3 Å². The topological polar surface area (TPSA) is 76.1 Å². The van der Waals surface area contributed by atoms with E-state index in [1.54, 1.807) is 30.3 Å². The number of ether oxygens (including phenoxy) is 2. The molecular formula is C27H25NO5. The molecular weight excluding hydrogens is 418 g/mol. The molecule has 0 aliphatic carbocycles. The standard InChI is InChI=1S/C27H25NO5/c1-16-9-11-18(12-10-16)28-24(20-8-6-5-7-17(20)2)23(26(30)27(28)31)25(29)21-15-19(32-3)13-14-22(21)33-4/h5-15,24,29H,1-4H3/b25-23+. The molecule has 4 rings (SSSR count). The highest BCUT2D eigenvalue weighted by Crippen LogP contribution is 2.44. The molecule has 1 N–H and O–H groups in total. The molecule has 3 aromatic rings. The molecule has 1 aliphatic rings. The van der Waals surface area contributed by atoms with Gasteiger partial charge in [-0.3, -0.25) is 14.5 Å². The van der Waals surface area contributed by atoms with Crippen molar-refractivity contribution in [1.29, 1.82) is 0 Å². The van der Waals surface area contributed by atoms with Gasteiger partial charge in [-0.2, -0.15) is 0 Å². The molecule has 1 fully saturated rings. The summed E-state index contributed by atoms with van der Waals surface area (Å²) in [5.41, 5.74) is 3.53. The number of benzene rings is 3. The van der Waals surface area contributed by atoms with Crippen molar-refractivity contribution in [2.24, 2.45) is 0 Å². The van der Waals surface area contributed by atoms with Crippen molar-refractivity contribution in [1.82, 2.24) is 0 Å². The normalized spacial score (nSPS) is 17.3. The summed E-state index contributed by atoms with van der Waals surface area (Å²) >= 11 is 0. The molecule has 0 radical (unpaired) electrons. The minimum Gasteiger partial charge on any atom is -0.507 e. The Bertz CT molecular complexity index is 1260. The number of anilines is 1. The fourth-order valence-corrected chi connectivity index (χ4v) is 4.14. The van der Waals surface area contributed by atoms with Crippen LogP contribution in [0.1, 0.15) is 28.3 Å². The lowest BCUT2D eigenvalue weighted by molar-refractivity contribution is -0.132. The minimum absolute atomic E-state index is 0.00132. The third-order valence-electron chi connectivity index (χ3n) is 5.90. The van der Waals surface area contributed by atoms with Gasteiger partial charge in [0, 0.05) is 5.69 Å². The zero-order chi connectivity index (χ0) is 23.7. The summed E-state index contributed by atoms with van der Waals surface area (Å²) in [7, 11) is 2.98. The molecule has 168 valence electrons. The van der Waals surface area contributed by atoms with Crippen LogP contribution in [0.5, 0.6) is 11.5 Å². The number of aliphatic hydroxyl groups is 1. The van der Waals surface area contributed by atoms with E-state index in [9.17, 15) is 14.7 Å². The third kappa shape index (κ3) is 3.84. The van der Waals surface area contributed by atoms with E-state index >= 15 is 0 Å². The number of hydrogen-bond donors (Lipinski definition) is 1. The quantitative estimate of drug-likeness (QED) is 0.343. The number of nitrogens with zero attached hydrogens (tertiary/aromatic N) is 1. The maximum Gasteiger partial charge on any atom is 0.300 e. The lowest BCUT2D eigenvalue weighted by Gasteiger charge is -2.27. The number of rotatable bonds is 5. The van der Waals surface area contributed by atoms with E-state index in [1.165, 1.54) is 19.1 Å². The number of aryl methyl sites for hydroxylation is 2. The zero-order valence-corrected chi connectivity index (χ0v) is 19.0. The third-order valence-corrected chi connectivity index (χ3v) is 5.90. The van der Waals surface area contributed by atoms with Gasteiger partial charge in [-0.05, 0) is 55.3 Å². The van der Waals surface area contributed by atoms with Gasteiger partial charge in [-0.15, -0.1) is 0 Å². The summed E-state index contributed by atoms with van der Waals surface area (Å²) in [6.07, 6.45) is 0. The van der Waals surface area contributed by atoms with E-state index in [4.69, 9.17) is 9.47 Å². The van der Waals surface area contributed by atoms with Crippen LogP contribution in [0.4, 0.5) is 5.69 Å². The highest BCUT2D eigenvalue weighted by molar-refractivity contribution is 6.51. The fraction of sp³-hybridized carbons (Fsp3) is 0.185. The molecule has 33 heavy (non-hydrogen) atoms. The van der Waals surface area contributed by atoms with Gasteiger partial charge in [0.25, 0.3) is 11.7 Å². The Kier molecular flexibility index (Phi) is 5.92. The van der Waals surface area contributed by atoms with Crippen molar-refractivity contribution < 1.29 is 24.2 Å². The average molecular weight is 443 g/mol. The summed E-state index contributed by atoms with van der Waals surface area (Å²) in [6, 6.07) is 19.0. The van der Waals surface area contributed by atoms with Gasteiger partial charge in [0.15, 0.2) is 0 Å². The molecule has 3 aromatic carbocycles. The summed E-state index contributed by atoms with van der Waals surface area (Å²) in [5.74, 6) is -0.926. The van der Waals surface area contributed by atoms with E-state index in [0.29, 0.717) is 17.2 Å². The number of amides is 1. The smallest absolute Gasteiger partial charge is 0.300 e. The number of carbonyl (C=O) groups excluding carboxylic acids is 2. The molecule has 1 atom stereocenters. The Morgan fingerprint density at radius 3 is 2.24 bits per heavy atom. The predicted molar refractivity (Wildman–Crippen MR) is 127 cm³/mol. The van der Waals surface area contributed by atoms with Gasteiger partial charge >= 0.3 is 0 Å². The lowest BCUT2D eigenvalue weighted by atomic mass is 9.92. The van der Waals surface area contributed by atoms with Crippen LogP contribution < -0.4 is 14.4 Å². The number of ketones is 1. The van der Waals surface area contributed by atoms with Crippen molar-refractivity contribution >= 4 is 23.1 Å². The van der Waals surface area contributed by atoms with Gasteiger partial charge < -0.3 is 14.6 Å². The Hall–Kier alpha value is -4.06. The van der Waals surface area contributed by atoms with Gasteiger partial charge in [-0.1, -0.05) is 42.0 Å². The zero-order valence-electron chi connectivity index (χ0n) is 19.0. The average Bonchev–Trinajstić information content (AvgIpc) is 3.09. The SMILES string of the molecule is COc1ccc(OC)c(/C(O)=C2\C(=O)C(=O)N(c3ccc(C)cc3)C2c2ccccc2C)c1. The van der Waals surface area contributed by atoms with Gasteiger partial charge in [0.2, 0.25) is 0 Å². The van der Waals surface area contributed by atoms with E-state index < -0.39 is 17.7 Å². The van der Waals surface area contributed by atoms with Crippen LogP contribution >= 0.6 is 0 Å². The van der Waals surface area contributed by atoms with Gasteiger partial charge in [0.05, 0.1) is 31.4 Å². The maximum absolute atomic E-state index is 13.3. The summed E-state index contributed by atoms with van der Waals surface area (Å²) in [5, 5.41) is 11.4. The Balaban J connectivity index is 2.00. The van der Waals surface area contributed by atoms with Crippen LogP contribution in [-0.2, 0) is 9.59 Å². The minimum atomic E-state index is -0.801. The Morgan fingerprint density at radius 1 is 0.909 bits per heavy atom. The van der Waals surface area contributed by atoms with Crippen LogP contribution in [0, 0.1) is 13.8 Å². The molecule has 6 nitrogen and oxygen atoms in total. The molecule has 0 saturated carbocycles. The molecule has 1 amide bonds. The fourth-order valence-electron chi connectivity index (χ4n) is 4.14. The largest absolute Gasteiger partial charge is 0.507 e. The highest BCUT2D eigenvalue weighted by Gasteiger charge is 2.47. The van der Waals surface area contributed by atoms with E-state index in [2.05, 4.69) is 0 Å². The van der Waals surface area contributed by atoms with Crippen LogP contribution in [0.25, 0.3) is 5.76 Å². The second-order valence-corrected chi connectivity index (χ2v) is 7.93. The van der Waals surface area contributed by atoms with Crippen molar-refractivity contribution in [3.8, 4) is 11.5 Å². The van der Waals surface area contributed by atoms with E-state index in [-0.39, 0.29) is 16.9 Å². The molecule has 0 bridgehead atoms. The maximum atomic E-state index is 13.3. The second-order valence-electron chi connectivity index (χ2n) is 7.93. The molecule has 1 saturated heterocycles. The number of aliphatic hydroxyl groups excluding tert-OH is 1. The van der Waals surface area contributed by atoms with E-state index in [1.807, 2.05) is 50.2 Å². The molecule has 0 aromatic heterocycles. The summed E-state index contributed by atoms with van der Waals surface area (Å²) in [6.45, 7) is 3.86. The van der Waals surface area contributed by atoms with Crippen molar-refractivity contribution in [3.05, 3.63) is 94.6 Å². The molecule has 1 aliphatic heterocycles. The van der Waals surface area contributed by atoms with Crippen molar-refractivity contribution in [3.63, 3.8) is 0 Å². The monoisotopic (exact) mass is 443 g/mol. The number of methoxy groups -OCH3 is 2. The van der Waals surface area contributed by atoms with Gasteiger partial charge in [-0.25, -0.2) is 0 Å². The first kappa shape index (κ1) is 22.1. The first-order valence-electron chi connectivity index (χ1n) is 10.5. The molecule has 1 unspecified atom stereocenters. The lowest BCUT2D eigenvalue weighted by Crippen LogP contribution is -2.29. The van der Waals surface area contributed by atoms with E-state index in [0.717, 1.165) is 16.7 Å². The van der Waals surface area contributed by atoms with Crippen LogP contribution in [0.2, 0.25) is 0 Å². The molecule has 1 heterocycles. The summed E-state index contributed by atoms with van der Waals surface area (Å²) in [4.78, 5) is 28.1. The number of carbonyl (C=O) groups is 2. The predicted octanol–water partition coefficient (Wildman–Crippen LogP) is 4.95. The second kappa shape index (κ2) is 8.82. The first-order chi connectivity index (χ1) is 15.9. The van der Waals surface area contributed by atoms with Crippen LogP contribution in [-0.4, -0.2) is 31.0 Å². The molecule has 0 spiro atoms. The van der Waals surface area contributed by atoms with Crippen LogP contribution in [0.3, 0.4) is 0 Å². The summed E-state index contributed by atoms with van der Waals surface area (Å²) < 4.78 is 10.7.